The van der Waals surface area contributed by atoms with Gasteiger partial charge in [0.15, 0.2) is 11.6 Å². The lowest BCUT2D eigenvalue weighted by Crippen LogP contribution is -2.44. The maximum absolute atomic E-state index is 13.2. The molecule has 20 heavy (non-hydrogen) atoms. The van der Waals surface area contributed by atoms with Crippen LogP contribution in [0.3, 0.4) is 0 Å². The van der Waals surface area contributed by atoms with Crippen molar-refractivity contribution < 1.29 is 17.2 Å². The quantitative estimate of drug-likeness (QED) is 0.833. The summed E-state index contributed by atoms with van der Waals surface area (Å²) in [6, 6.07) is 1.48. The first-order valence-corrected chi connectivity index (χ1v) is 7.66. The number of nitrogens with zero attached hydrogens (tertiary/aromatic N) is 1. The summed E-state index contributed by atoms with van der Waals surface area (Å²) >= 11 is 0. The second kappa shape index (κ2) is 4.15. The van der Waals surface area contributed by atoms with Gasteiger partial charge in [-0.25, -0.2) is 26.9 Å². The van der Waals surface area contributed by atoms with Crippen LogP contribution in [-0.4, -0.2) is 19.9 Å². The zero-order valence-electron chi connectivity index (χ0n) is 10.7. The SMILES string of the molecule is CC1(N=C2Nc3cc(F)c(F)cc3S(=O)(=O)N2)CCC1. The second-order valence-corrected chi connectivity index (χ2v) is 6.95. The highest BCUT2D eigenvalue weighted by molar-refractivity contribution is 7.90. The molecule has 1 aromatic carbocycles. The lowest BCUT2D eigenvalue weighted by molar-refractivity contribution is 0.279. The number of hydrogen-bond donors (Lipinski definition) is 2. The Kier molecular flexibility index (Phi) is 2.75. The zero-order valence-corrected chi connectivity index (χ0v) is 11.5. The monoisotopic (exact) mass is 301 g/mol. The fraction of sp³-hybridized carbons (Fsp3) is 0.417. The number of sulfonamides is 1. The third-order valence-electron chi connectivity index (χ3n) is 3.61. The van der Waals surface area contributed by atoms with Crippen molar-refractivity contribution in [2.75, 3.05) is 5.32 Å². The minimum atomic E-state index is -3.94. The molecule has 0 unspecified atom stereocenters. The Hall–Kier alpha value is -1.70. The standard InChI is InChI=1S/C12H13F2N3O2S/c1-12(3-2-4-12)16-11-15-9-5-7(13)8(14)6-10(9)20(18,19)17-11/h5-6H,2-4H2,1H3,(H2,15,16,17). The van der Waals surface area contributed by atoms with E-state index >= 15 is 0 Å². The maximum atomic E-state index is 13.2. The number of guanidine groups is 1. The first kappa shape index (κ1) is 13.3. The van der Waals surface area contributed by atoms with E-state index in [1.54, 1.807) is 0 Å². The molecular formula is C12H13F2N3O2S. The minimum absolute atomic E-state index is 0.00989. The van der Waals surface area contributed by atoms with E-state index < -0.39 is 21.7 Å². The summed E-state index contributed by atoms with van der Waals surface area (Å²) in [6.45, 7) is 1.92. The summed E-state index contributed by atoms with van der Waals surface area (Å²) in [5.41, 5.74) is -0.315. The summed E-state index contributed by atoms with van der Waals surface area (Å²) in [5, 5.41) is 2.70. The van der Waals surface area contributed by atoms with E-state index in [1.807, 2.05) is 6.92 Å². The van der Waals surface area contributed by atoms with Gasteiger partial charge in [-0.3, -0.25) is 0 Å². The molecule has 8 heteroatoms. The van der Waals surface area contributed by atoms with Crippen LogP contribution >= 0.6 is 0 Å². The molecule has 0 amide bonds. The number of aliphatic imine (C=N–C) groups is 1. The molecule has 1 aliphatic carbocycles. The van der Waals surface area contributed by atoms with Crippen molar-refractivity contribution in [1.82, 2.24) is 4.72 Å². The molecule has 0 radical (unpaired) electrons. The Bertz CT molecular complexity index is 712. The van der Waals surface area contributed by atoms with Crippen LogP contribution in [0.5, 0.6) is 0 Å². The molecule has 0 atom stereocenters. The summed E-state index contributed by atoms with van der Waals surface area (Å²) < 4.78 is 52.7. The van der Waals surface area contributed by atoms with Crippen LogP contribution < -0.4 is 10.0 Å². The van der Waals surface area contributed by atoms with Gasteiger partial charge in [-0.05, 0) is 32.3 Å². The summed E-state index contributed by atoms with van der Waals surface area (Å²) in [5.74, 6) is -2.27. The van der Waals surface area contributed by atoms with Gasteiger partial charge in [-0.1, -0.05) is 0 Å². The molecule has 1 saturated carbocycles. The van der Waals surface area contributed by atoms with Crippen molar-refractivity contribution in [1.29, 1.82) is 0 Å². The van der Waals surface area contributed by atoms with Crippen LogP contribution in [0, 0.1) is 11.6 Å². The van der Waals surface area contributed by atoms with Crippen LogP contribution in [0.25, 0.3) is 0 Å². The molecule has 1 heterocycles. The fourth-order valence-electron chi connectivity index (χ4n) is 2.30. The number of hydrogen-bond acceptors (Lipinski definition) is 3. The number of fused-ring (bicyclic) bond motifs is 1. The van der Waals surface area contributed by atoms with Crippen molar-refractivity contribution >= 4 is 21.7 Å². The lowest BCUT2D eigenvalue weighted by Gasteiger charge is -2.35. The topological polar surface area (TPSA) is 70.6 Å². The molecule has 0 aromatic heterocycles. The molecule has 0 spiro atoms. The molecule has 0 bridgehead atoms. The lowest BCUT2D eigenvalue weighted by atomic mass is 9.79. The zero-order chi connectivity index (χ0) is 14.5. The largest absolute Gasteiger partial charge is 0.324 e. The van der Waals surface area contributed by atoms with E-state index in [4.69, 9.17) is 0 Å². The Morgan fingerprint density at radius 1 is 1.25 bits per heavy atom. The Morgan fingerprint density at radius 3 is 2.50 bits per heavy atom. The third kappa shape index (κ3) is 2.13. The molecule has 1 aromatic rings. The molecule has 0 saturated heterocycles. The molecule has 2 N–H and O–H groups in total. The normalized spacial score (nSPS) is 24.2. The van der Waals surface area contributed by atoms with Crippen LogP contribution in [0.15, 0.2) is 22.0 Å². The van der Waals surface area contributed by atoms with E-state index in [9.17, 15) is 17.2 Å². The predicted octanol–water partition coefficient (Wildman–Crippen LogP) is 1.97. The molecule has 5 nitrogen and oxygen atoms in total. The Balaban J connectivity index is 2.05. The highest BCUT2D eigenvalue weighted by atomic mass is 32.2. The summed E-state index contributed by atoms with van der Waals surface area (Å²) in [7, 11) is -3.94. The van der Waals surface area contributed by atoms with Crippen LogP contribution in [0.1, 0.15) is 26.2 Å². The number of anilines is 1. The Morgan fingerprint density at radius 2 is 1.90 bits per heavy atom. The second-order valence-electron chi connectivity index (χ2n) is 5.30. The predicted molar refractivity (Wildman–Crippen MR) is 70.0 cm³/mol. The number of halogens is 2. The van der Waals surface area contributed by atoms with E-state index in [-0.39, 0.29) is 22.1 Å². The van der Waals surface area contributed by atoms with Gasteiger partial charge in [0.2, 0.25) is 5.96 Å². The molecule has 108 valence electrons. The molecule has 1 fully saturated rings. The van der Waals surface area contributed by atoms with Crippen LogP contribution in [0.4, 0.5) is 14.5 Å². The van der Waals surface area contributed by atoms with Gasteiger partial charge in [0.05, 0.1) is 11.2 Å². The number of benzene rings is 1. The molecule has 3 rings (SSSR count). The van der Waals surface area contributed by atoms with Crippen LogP contribution in [0.2, 0.25) is 0 Å². The first-order chi connectivity index (χ1) is 9.29. The van der Waals surface area contributed by atoms with Crippen molar-refractivity contribution in [3.8, 4) is 0 Å². The highest BCUT2D eigenvalue weighted by Gasteiger charge is 2.34. The van der Waals surface area contributed by atoms with Crippen LogP contribution in [-0.2, 0) is 10.0 Å². The van der Waals surface area contributed by atoms with Gasteiger partial charge < -0.3 is 5.32 Å². The van der Waals surface area contributed by atoms with Gasteiger partial charge in [-0.2, -0.15) is 0 Å². The smallest absolute Gasteiger partial charge is 0.266 e. The maximum Gasteiger partial charge on any atom is 0.266 e. The number of rotatable bonds is 1. The molecule has 1 aliphatic heterocycles. The van der Waals surface area contributed by atoms with E-state index in [0.29, 0.717) is 6.07 Å². The van der Waals surface area contributed by atoms with Gasteiger partial charge in [0.25, 0.3) is 10.0 Å². The Labute approximate surface area is 115 Å². The van der Waals surface area contributed by atoms with E-state index in [2.05, 4.69) is 15.0 Å². The van der Waals surface area contributed by atoms with Crippen molar-refractivity contribution in [3.63, 3.8) is 0 Å². The van der Waals surface area contributed by atoms with Crippen molar-refractivity contribution in [3.05, 3.63) is 23.8 Å². The summed E-state index contributed by atoms with van der Waals surface area (Å²) in [4.78, 5) is 3.99. The minimum Gasteiger partial charge on any atom is -0.324 e. The van der Waals surface area contributed by atoms with E-state index in [0.717, 1.165) is 25.3 Å². The first-order valence-electron chi connectivity index (χ1n) is 6.18. The van der Waals surface area contributed by atoms with Gasteiger partial charge >= 0.3 is 0 Å². The van der Waals surface area contributed by atoms with Gasteiger partial charge in [0.1, 0.15) is 4.90 Å². The fourth-order valence-corrected chi connectivity index (χ4v) is 3.42. The van der Waals surface area contributed by atoms with Crippen molar-refractivity contribution in [2.45, 2.75) is 36.6 Å². The average Bonchev–Trinajstić information content (AvgIpc) is 2.29. The third-order valence-corrected chi connectivity index (χ3v) is 4.99. The van der Waals surface area contributed by atoms with E-state index in [1.165, 1.54) is 0 Å². The van der Waals surface area contributed by atoms with Gasteiger partial charge in [-0.15, -0.1) is 0 Å². The van der Waals surface area contributed by atoms with Gasteiger partial charge in [0, 0.05) is 6.07 Å². The highest BCUT2D eigenvalue weighted by Crippen LogP contribution is 2.36. The summed E-state index contributed by atoms with van der Waals surface area (Å²) in [6.07, 6.45) is 2.77. The average molecular weight is 301 g/mol. The molecule has 2 aliphatic rings. The van der Waals surface area contributed by atoms with Crippen molar-refractivity contribution in [2.24, 2.45) is 4.99 Å². The molecular weight excluding hydrogens is 288 g/mol. The number of nitrogens with one attached hydrogen (secondary N) is 2.